The van der Waals surface area contributed by atoms with Gasteiger partial charge in [0.05, 0.1) is 35.2 Å². The van der Waals surface area contributed by atoms with Gasteiger partial charge in [-0.25, -0.2) is 35.9 Å². The van der Waals surface area contributed by atoms with E-state index in [2.05, 4.69) is 20.1 Å². The summed E-state index contributed by atoms with van der Waals surface area (Å²) >= 11 is 0. The summed E-state index contributed by atoms with van der Waals surface area (Å²) in [5.74, 6) is -1.27. The molecule has 0 fully saturated rings. The van der Waals surface area contributed by atoms with Gasteiger partial charge in [0.25, 0.3) is 0 Å². The number of methoxy groups -OCH3 is 4. The molecule has 0 radical (unpaired) electrons. The number of benzene rings is 2. The van der Waals surface area contributed by atoms with Crippen LogP contribution in [0.2, 0.25) is 0 Å². The molecular formula is C30H40N4O10S2. The van der Waals surface area contributed by atoms with E-state index in [1.807, 2.05) is 0 Å². The number of esters is 2. The Morgan fingerprint density at radius 1 is 0.609 bits per heavy atom. The minimum Gasteiger partial charge on any atom is -0.466 e. The zero-order valence-electron chi connectivity index (χ0n) is 26.2. The SMILES string of the molecule is COCCCNS(=O)(=O)c1ccc(NC2=C(C(=O)OC)CC(Nc3ccc(S(=O)(=O)NCCCOC)cc3)=C(C(=O)OC)C2)cc1. The third kappa shape index (κ3) is 10.1. The maximum atomic E-state index is 12.9. The van der Waals surface area contributed by atoms with E-state index in [9.17, 15) is 26.4 Å². The summed E-state index contributed by atoms with van der Waals surface area (Å²) in [7, 11) is -1.92. The van der Waals surface area contributed by atoms with Gasteiger partial charge in [-0.15, -0.1) is 0 Å². The average Bonchev–Trinajstić information content (AvgIpc) is 3.05. The molecule has 2 aromatic carbocycles. The topological polar surface area (TPSA) is 187 Å². The van der Waals surface area contributed by atoms with Crippen LogP contribution < -0.4 is 20.1 Å². The van der Waals surface area contributed by atoms with Gasteiger partial charge in [-0.3, -0.25) is 0 Å². The molecule has 0 saturated carbocycles. The second-order valence-electron chi connectivity index (χ2n) is 10.0. The molecule has 252 valence electrons. The van der Waals surface area contributed by atoms with Gasteiger partial charge in [-0.1, -0.05) is 0 Å². The van der Waals surface area contributed by atoms with Crippen LogP contribution in [0.1, 0.15) is 25.7 Å². The fourth-order valence-corrected chi connectivity index (χ4v) is 6.60. The number of rotatable bonds is 18. The van der Waals surface area contributed by atoms with Crippen molar-refractivity contribution in [3.05, 3.63) is 71.1 Å². The number of hydrogen-bond acceptors (Lipinski definition) is 12. The largest absolute Gasteiger partial charge is 0.466 e. The summed E-state index contributed by atoms with van der Waals surface area (Å²) in [5.41, 5.74) is 2.15. The van der Waals surface area contributed by atoms with Crippen molar-refractivity contribution in [2.75, 3.05) is 65.4 Å². The van der Waals surface area contributed by atoms with Gasteiger partial charge in [-0.2, -0.15) is 0 Å². The van der Waals surface area contributed by atoms with E-state index in [1.165, 1.54) is 52.7 Å². The molecule has 1 aliphatic carbocycles. The van der Waals surface area contributed by atoms with Crippen LogP contribution in [0.4, 0.5) is 11.4 Å². The first kappa shape index (κ1) is 36.7. The van der Waals surface area contributed by atoms with Gasteiger partial charge >= 0.3 is 11.9 Å². The Morgan fingerprint density at radius 3 is 1.26 bits per heavy atom. The number of allylic oxidation sites excluding steroid dienone is 2. The summed E-state index contributed by atoms with van der Waals surface area (Å²) in [6.07, 6.45) is 0.955. The van der Waals surface area contributed by atoms with Gasteiger partial charge in [0, 0.05) is 76.1 Å². The molecule has 0 bridgehead atoms. The highest BCUT2D eigenvalue weighted by Gasteiger charge is 2.30. The molecule has 2 aromatic rings. The Labute approximate surface area is 269 Å². The molecule has 0 spiro atoms. The Morgan fingerprint density at radius 2 is 0.957 bits per heavy atom. The maximum Gasteiger partial charge on any atom is 0.335 e. The van der Waals surface area contributed by atoms with Crippen molar-refractivity contribution in [2.45, 2.75) is 35.5 Å². The van der Waals surface area contributed by atoms with Crippen molar-refractivity contribution < 1.29 is 45.4 Å². The third-order valence-electron chi connectivity index (χ3n) is 6.85. The van der Waals surface area contributed by atoms with Crippen LogP contribution in [0.3, 0.4) is 0 Å². The second kappa shape index (κ2) is 17.2. The molecule has 0 atom stereocenters. The highest BCUT2D eigenvalue weighted by atomic mass is 32.2. The number of nitrogens with one attached hydrogen (secondary N) is 4. The van der Waals surface area contributed by atoms with Crippen LogP contribution in [-0.4, -0.2) is 83.5 Å². The Bertz CT molecular complexity index is 1510. The van der Waals surface area contributed by atoms with Crippen LogP contribution in [0.25, 0.3) is 0 Å². The van der Waals surface area contributed by atoms with Crippen LogP contribution >= 0.6 is 0 Å². The fourth-order valence-electron chi connectivity index (χ4n) is 4.45. The van der Waals surface area contributed by atoms with Gasteiger partial charge in [0.2, 0.25) is 20.0 Å². The molecule has 0 aliphatic heterocycles. The van der Waals surface area contributed by atoms with Crippen LogP contribution in [0.5, 0.6) is 0 Å². The van der Waals surface area contributed by atoms with E-state index in [0.717, 1.165) is 0 Å². The van der Waals surface area contributed by atoms with Gasteiger partial charge in [0.1, 0.15) is 0 Å². The molecule has 46 heavy (non-hydrogen) atoms. The predicted molar refractivity (Wildman–Crippen MR) is 171 cm³/mol. The Balaban J connectivity index is 1.82. The molecule has 14 nitrogen and oxygen atoms in total. The molecule has 3 rings (SSSR count). The number of carbonyl (C=O) groups excluding carboxylic acids is 2. The van der Waals surface area contributed by atoms with Crippen molar-refractivity contribution in [3.63, 3.8) is 0 Å². The van der Waals surface area contributed by atoms with Crippen LogP contribution in [0, 0.1) is 0 Å². The first-order valence-corrected chi connectivity index (χ1v) is 17.2. The minimum atomic E-state index is -3.73. The predicted octanol–water partition coefficient (Wildman–Crippen LogP) is 2.49. The minimum absolute atomic E-state index is 0.0433. The molecule has 4 N–H and O–H groups in total. The van der Waals surface area contributed by atoms with Gasteiger partial charge < -0.3 is 29.6 Å². The summed E-state index contributed by atoms with van der Waals surface area (Å²) < 4.78 is 75.3. The lowest BCUT2D eigenvalue weighted by atomic mass is 9.92. The standard InChI is InChI=1S/C30H40N4O10S2/c1-41-17-5-15-31-45(37,38)23-11-7-21(8-12-23)33-27-19-26(30(36)44-4)28(20-25(27)29(35)43-3)34-22-9-13-24(14-10-22)46(39,40)32-16-6-18-42-2/h7-14,31-34H,5-6,15-20H2,1-4H3. The van der Waals surface area contributed by atoms with Crippen molar-refractivity contribution in [2.24, 2.45) is 0 Å². The Hall–Kier alpha value is -3.80. The molecule has 0 aromatic heterocycles. The van der Waals surface area contributed by atoms with Crippen molar-refractivity contribution >= 4 is 43.4 Å². The third-order valence-corrected chi connectivity index (χ3v) is 9.81. The number of ether oxygens (including phenoxy) is 4. The summed E-state index contributed by atoms with van der Waals surface area (Å²) in [6.45, 7) is 1.29. The van der Waals surface area contributed by atoms with Crippen LogP contribution in [0.15, 0.2) is 80.9 Å². The zero-order valence-corrected chi connectivity index (χ0v) is 27.8. The molecule has 16 heteroatoms. The first-order valence-electron chi connectivity index (χ1n) is 14.3. The lowest BCUT2D eigenvalue weighted by Gasteiger charge is -2.25. The molecule has 0 unspecified atom stereocenters. The number of sulfonamides is 2. The summed E-state index contributed by atoms with van der Waals surface area (Å²) in [4.78, 5) is 25.8. The molecule has 1 aliphatic rings. The highest BCUT2D eigenvalue weighted by Crippen LogP contribution is 2.33. The first-order chi connectivity index (χ1) is 21.9. The van der Waals surface area contributed by atoms with E-state index < -0.39 is 32.0 Å². The fraction of sp³-hybridized carbons (Fsp3) is 0.400. The van der Waals surface area contributed by atoms with E-state index >= 15 is 0 Å². The molecule has 0 saturated heterocycles. The molecular weight excluding hydrogens is 640 g/mol. The number of hydrogen-bond donors (Lipinski definition) is 4. The van der Waals surface area contributed by atoms with E-state index in [-0.39, 0.29) is 46.9 Å². The quantitative estimate of drug-likeness (QED) is 0.133. The lowest BCUT2D eigenvalue weighted by molar-refractivity contribution is -0.137. The van der Waals surface area contributed by atoms with E-state index in [0.29, 0.717) is 48.8 Å². The monoisotopic (exact) mass is 680 g/mol. The van der Waals surface area contributed by atoms with Crippen molar-refractivity contribution in [1.82, 2.24) is 9.44 Å². The maximum absolute atomic E-state index is 12.9. The summed E-state index contributed by atoms with van der Waals surface area (Å²) in [5, 5.41) is 6.25. The van der Waals surface area contributed by atoms with E-state index in [4.69, 9.17) is 18.9 Å². The lowest BCUT2D eigenvalue weighted by Crippen LogP contribution is -2.26. The summed E-state index contributed by atoms with van der Waals surface area (Å²) in [6, 6.07) is 11.9. The van der Waals surface area contributed by atoms with Crippen LogP contribution in [-0.2, 0) is 48.6 Å². The highest BCUT2D eigenvalue weighted by molar-refractivity contribution is 7.89. The average molecular weight is 681 g/mol. The second-order valence-corrected chi connectivity index (χ2v) is 13.6. The van der Waals surface area contributed by atoms with Crippen molar-refractivity contribution in [1.29, 1.82) is 0 Å². The van der Waals surface area contributed by atoms with Crippen molar-refractivity contribution in [3.8, 4) is 0 Å². The normalized spacial score (nSPS) is 13.8. The number of carbonyl (C=O) groups is 2. The Kier molecular flexibility index (Phi) is 13.7. The molecule has 0 amide bonds. The van der Waals surface area contributed by atoms with E-state index in [1.54, 1.807) is 24.3 Å². The van der Waals surface area contributed by atoms with Gasteiger partial charge in [0.15, 0.2) is 0 Å². The molecule has 0 heterocycles. The van der Waals surface area contributed by atoms with Gasteiger partial charge in [-0.05, 0) is 61.4 Å². The zero-order chi connectivity index (χ0) is 33.7. The number of anilines is 2. The smallest absolute Gasteiger partial charge is 0.335 e.